The van der Waals surface area contributed by atoms with Crippen molar-refractivity contribution in [1.29, 1.82) is 0 Å². The molecule has 3 aromatic heterocycles. The molecule has 0 atom stereocenters. The number of aromatic carboxylic acids is 1. The highest BCUT2D eigenvalue weighted by Gasteiger charge is 2.19. The molecule has 10 nitrogen and oxygen atoms in total. The third-order valence-electron chi connectivity index (χ3n) is 4.30. The average molecular weight is 412 g/mol. The van der Waals surface area contributed by atoms with Crippen LogP contribution in [0.1, 0.15) is 10.5 Å². The van der Waals surface area contributed by atoms with Gasteiger partial charge in [0.05, 0.1) is 15.9 Å². The van der Waals surface area contributed by atoms with Gasteiger partial charge in [-0.25, -0.2) is 22.5 Å². The number of nitrogens with one attached hydrogen (secondary N) is 1. The minimum Gasteiger partial charge on any atom is -0.476 e. The van der Waals surface area contributed by atoms with E-state index < -0.39 is 16.0 Å². The summed E-state index contributed by atoms with van der Waals surface area (Å²) < 4.78 is 27.3. The fourth-order valence-corrected chi connectivity index (χ4v) is 3.79. The molecule has 2 N–H and O–H groups in total. The van der Waals surface area contributed by atoms with Gasteiger partial charge in [0.2, 0.25) is 16.0 Å². The normalized spacial score (nSPS) is 12.0. The van der Waals surface area contributed by atoms with Crippen molar-refractivity contribution in [3.05, 3.63) is 54.5 Å². The number of carboxylic acids is 1. The Labute approximate surface area is 165 Å². The van der Waals surface area contributed by atoms with Gasteiger partial charge in [0.1, 0.15) is 0 Å². The molecule has 1 aromatic carbocycles. The lowest BCUT2D eigenvalue weighted by Crippen LogP contribution is -2.22. The molecule has 29 heavy (non-hydrogen) atoms. The summed E-state index contributed by atoms with van der Waals surface area (Å²) in [6, 6.07) is 9.38. The monoisotopic (exact) mass is 412 g/mol. The van der Waals surface area contributed by atoms with Gasteiger partial charge >= 0.3 is 5.97 Å². The minimum absolute atomic E-state index is 0.112. The van der Waals surface area contributed by atoms with E-state index in [0.29, 0.717) is 22.1 Å². The predicted octanol–water partition coefficient (Wildman–Crippen LogP) is 1.97. The van der Waals surface area contributed by atoms with E-state index in [1.165, 1.54) is 36.8 Å². The molecule has 0 fully saturated rings. The summed E-state index contributed by atoms with van der Waals surface area (Å²) in [6.45, 7) is 0. The highest BCUT2D eigenvalue weighted by atomic mass is 32.2. The number of benzene rings is 1. The van der Waals surface area contributed by atoms with Crippen LogP contribution in [-0.4, -0.2) is 57.5 Å². The van der Waals surface area contributed by atoms with E-state index in [1.807, 2.05) is 0 Å². The molecule has 0 aliphatic heterocycles. The molecule has 0 unspecified atom stereocenters. The van der Waals surface area contributed by atoms with Gasteiger partial charge in [0.25, 0.3) is 0 Å². The zero-order valence-electron chi connectivity index (χ0n) is 15.4. The number of rotatable bonds is 5. The summed E-state index contributed by atoms with van der Waals surface area (Å²) in [6.07, 6.45) is 3.16. The SMILES string of the molecule is CN(C)S(=O)(=O)c1cccc(Nc2nc3ccncc3c3cc(C(=O)O)nn23)c1. The molecule has 0 spiro atoms. The van der Waals surface area contributed by atoms with Gasteiger partial charge in [-0.05, 0) is 30.3 Å². The van der Waals surface area contributed by atoms with Crippen LogP contribution in [0.15, 0.2) is 53.7 Å². The molecular formula is C18H16N6O4S. The second-order valence-corrected chi connectivity index (χ2v) is 8.55. The van der Waals surface area contributed by atoms with Crippen LogP contribution in [0.2, 0.25) is 0 Å². The van der Waals surface area contributed by atoms with Crippen LogP contribution in [0.5, 0.6) is 0 Å². The smallest absolute Gasteiger partial charge is 0.356 e. The van der Waals surface area contributed by atoms with Crippen LogP contribution in [0, 0.1) is 0 Å². The van der Waals surface area contributed by atoms with E-state index in [4.69, 9.17) is 0 Å². The number of carboxylic acid groups (broad SMARTS) is 1. The first-order valence-corrected chi connectivity index (χ1v) is 9.88. The number of hydrogen-bond donors (Lipinski definition) is 2. The van der Waals surface area contributed by atoms with Gasteiger partial charge in [-0.3, -0.25) is 4.98 Å². The zero-order valence-corrected chi connectivity index (χ0v) is 16.3. The second kappa shape index (κ2) is 6.79. The van der Waals surface area contributed by atoms with Crippen molar-refractivity contribution in [1.82, 2.24) is 23.9 Å². The van der Waals surface area contributed by atoms with Crippen molar-refractivity contribution < 1.29 is 18.3 Å². The van der Waals surface area contributed by atoms with Gasteiger partial charge < -0.3 is 10.4 Å². The largest absolute Gasteiger partial charge is 0.476 e. The number of anilines is 2. The Morgan fingerprint density at radius 3 is 2.72 bits per heavy atom. The molecule has 0 aliphatic rings. The minimum atomic E-state index is -3.61. The Kier molecular flexibility index (Phi) is 4.40. The molecule has 4 rings (SSSR count). The van der Waals surface area contributed by atoms with Crippen LogP contribution in [0.4, 0.5) is 11.6 Å². The Balaban J connectivity index is 1.87. The van der Waals surface area contributed by atoms with Crippen LogP contribution >= 0.6 is 0 Å². The molecule has 4 aromatic rings. The summed E-state index contributed by atoms with van der Waals surface area (Å²) in [4.78, 5) is 20.1. The molecule has 3 heterocycles. The Hall–Kier alpha value is -3.57. The highest BCUT2D eigenvalue weighted by molar-refractivity contribution is 7.89. The molecule has 0 radical (unpaired) electrons. The first-order chi connectivity index (χ1) is 13.8. The maximum Gasteiger partial charge on any atom is 0.356 e. The van der Waals surface area contributed by atoms with E-state index in [9.17, 15) is 18.3 Å². The lowest BCUT2D eigenvalue weighted by atomic mass is 10.2. The topological polar surface area (TPSA) is 130 Å². The van der Waals surface area contributed by atoms with Crippen molar-refractivity contribution >= 4 is 44.0 Å². The van der Waals surface area contributed by atoms with Gasteiger partial charge in [0, 0.05) is 37.6 Å². The third-order valence-corrected chi connectivity index (χ3v) is 6.11. The Morgan fingerprint density at radius 2 is 2.00 bits per heavy atom. The predicted molar refractivity (Wildman–Crippen MR) is 106 cm³/mol. The van der Waals surface area contributed by atoms with Gasteiger partial charge in [-0.1, -0.05) is 6.07 Å². The quantitative estimate of drug-likeness (QED) is 0.509. The zero-order chi connectivity index (χ0) is 20.8. The molecule has 0 bridgehead atoms. The van der Waals surface area contributed by atoms with Crippen molar-refractivity contribution in [3.63, 3.8) is 0 Å². The lowest BCUT2D eigenvalue weighted by Gasteiger charge is -2.13. The summed E-state index contributed by atoms with van der Waals surface area (Å²) in [7, 11) is -0.705. The van der Waals surface area contributed by atoms with E-state index in [2.05, 4.69) is 20.4 Å². The number of nitrogens with zero attached hydrogens (tertiary/aromatic N) is 5. The fourth-order valence-electron chi connectivity index (χ4n) is 2.84. The molecule has 0 amide bonds. The standard InChI is InChI=1S/C18H16N6O4S/c1-23(2)29(27,28)12-5-3-4-11(8-12)20-18-21-14-6-7-19-10-13(14)16-9-15(17(25)26)22-24(16)18/h3-10H,1-2H3,(H,20,21)(H,25,26). The van der Waals surface area contributed by atoms with E-state index in [-0.39, 0.29) is 16.5 Å². The van der Waals surface area contributed by atoms with Crippen LogP contribution in [-0.2, 0) is 10.0 Å². The molecule has 0 saturated carbocycles. The lowest BCUT2D eigenvalue weighted by molar-refractivity contribution is 0.0690. The van der Waals surface area contributed by atoms with Crippen LogP contribution in [0.25, 0.3) is 16.4 Å². The molecular weight excluding hydrogens is 396 g/mol. The highest BCUT2D eigenvalue weighted by Crippen LogP contribution is 2.25. The summed E-state index contributed by atoms with van der Waals surface area (Å²) in [5, 5.41) is 17.1. The fraction of sp³-hybridized carbons (Fsp3) is 0.111. The number of carbonyl (C=O) groups is 1. The van der Waals surface area contributed by atoms with Crippen molar-refractivity contribution in [2.45, 2.75) is 4.90 Å². The first-order valence-electron chi connectivity index (χ1n) is 8.44. The summed E-state index contributed by atoms with van der Waals surface area (Å²) >= 11 is 0. The Bertz CT molecular complexity index is 1360. The van der Waals surface area contributed by atoms with Crippen LogP contribution in [0.3, 0.4) is 0 Å². The van der Waals surface area contributed by atoms with Crippen molar-refractivity contribution in [3.8, 4) is 0 Å². The Morgan fingerprint density at radius 1 is 1.21 bits per heavy atom. The maximum atomic E-state index is 12.4. The van der Waals surface area contributed by atoms with E-state index >= 15 is 0 Å². The number of hydrogen-bond acceptors (Lipinski definition) is 7. The van der Waals surface area contributed by atoms with Gasteiger partial charge in [-0.15, -0.1) is 0 Å². The maximum absolute atomic E-state index is 12.4. The number of aromatic nitrogens is 4. The molecule has 11 heteroatoms. The summed E-state index contributed by atoms with van der Waals surface area (Å²) in [5.41, 5.74) is 1.42. The van der Waals surface area contributed by atoms with Crippen molar-refractivity contribution in [2.75, 3.05) is 19.4 Å². The number of pyridine rings is 1. The number of sulfonamides is 1. The van der Waals surface area contributed by atoms with Crippen LogP contribution < -0.4 is 5.32 Å². The number of fused-ring (bicyclic) bond motifs is 3. The third kappa shape index (κ3) is 3.26. The van der Waals surface area contributed by atoms with Gasteiger partial charge in [-0.2, -0.15) is 9.61 Å². The first kappa shape index (κ1) is 18.8. The second-order valence-electron chi connectivity index (χ2n) is 6.40. The van der Waals surface area contributed by atoms with Gasteiger partial charge in [0.15, 0.2) is 5.69 Å². The molecule has 0 saturated heterocycles. The summed E-state index contributed by atoms with van der Waals surface area (Å²) in [5.74, 6) is -0.929. The molecule has 0 aliphatic carbocycles. The van der Waals surface area contributed by atoms with E-state index in [1.54, 1.807) is 30.6 Å². The van der Waals surface area contributed by atoms with E-state index in [0.717, 1.165) is 4.31 Å². The van der Waals surface area contributed by atoms with Crippen molar-refractivity contribution in [2.24, 2.45) is 0 Å². The average Bonchev–Trinajstić information content (AvgIpc) is 3.15. The molecule has 148 valence electrons.